The van der Waals surface area contributed by atoms with Crippen molar-refractivity contribution in [1.29, 1.82) is 0 Å². The van der Waals surface area contributed by atoms with Gasteiger partial charge in [-0.05, 0) is 45.4 Å². The highest BCUT2D eigenvalue weighted by atomic mass is 16.5. The molecular formula is C15H16O4. The third-order valence-corrected chi connectivity index (χ3v) is 3.31. The molecule has 0 saturated carbocycles. The molecule has 0 radical (unpaired) electrons. The summed E-state index contributed by atoms with van der Waals surface area (Å²) in [7, 11) is 0. The van der Waals surface area contributed by atoms with Gasteiger partial charge in [0.2, 0.25) is 0 Å². The Morgan fingerprint density at radius 2 is 1.95 bits per heavy atom. The highest BCUT2D eigenvalue weighted by Gasteiger charge is 2.12. The zero-order chi connectivity index (χ0) is 14.2. The van der Waals surface area contributed by atoms with Gasteiger partial charge in [-0.25, -0.2) is 4.79 Å². The topological polar surface area (TPSA) is 56.5 Å². The quantitative estimate of drug-likeness (QED) is 0.796. The molecule has 0 aliphatic carbocycles. The lowest BCUT2D eigenvalue weighted by Gasteiger charge is -2.12. The van der Waals surface area contributed by atoms with Crippen LogP contribution in [-0.2, 0) is 4.79 Å². The molecule has 0 fully saturated rings. The largest absolute Gasteiger partial charge is 0.483 e. The van der Waals surface area contributed by atoms with E-state index in [1.165, 1.54) is 6.92 Å². The normalized spacial score (nSPS) is 12.4. The zero-order valence-electron chi connectivity index (χ0n) is 11.4. The number of ether oxygens (including phenoxy) is 1. The lowest BCUT2D eigenvalue weighted by atomic mass is 10.1. The second-order valence-electron chi connectivity index (χ2n) is 4.67. The number of rotatable bonds is 3. The molecule has 100 valence electrons. The minimum absolute atomic E-state index is 0.0540. The first-order chi connectivity index (χ1) is 8.90. The number of fused-ring (bicyclic) bond motifs is 1. The van der Waals surface area contributed by atoms with Crippen LogP contribution in [0.5, 0.6) is 5.75 Å². The molecule has 4 heteroatoms. The standard InChI is InChI=1S/C15H16O4/c1-8-9(2)15(17)19-14-7-12(5-6-13(8)14)18-11(4)10(3)16/h5-7,11H,1-4H3. The zero-order valence-corrected chi connectivity index (χ0v) is 11.4. The smallest absolute Gasteiger partial charge is 0.339 e. The van der Waals surface area contributed by atoms with E-state index in [2.05, 4.69) is 0 Å². The summed E-state index contributed by atoms with van der Waals surface area (Å²) >= 11 is 0. The number of hydrogen-bond donors (Lipinski definition) is 0. The minimum atomic E-state index is -0.518. The Balaban J connectivity index is 2.50. The van der Waals surface area contributed by atoms with Gasteiger partial charge < -0.3 is 9.15 Å². The fourth-order valence-electron chi connectivity index (χ4n) is 1.79. The molecule has 0 saturated heterocycles. The van der Waals surface area contributed by atoms with Crippen LogP contribution in [-0.4, -0.2) is 11.9 Å². The summed E-state index contributed by atoms with van der Waals surface area (Å²) in [5, 5.41) is 0.875. The number of Topliss-reactive ketones (excluding diaryl/α,β-unsaturated/α-hetero) is 1. The maximum atomic E-state index is 11.6. The molecule has 2 aromatic rings. The van der Waals surface area contributed by atoms with Gasteiger partial charge >= 0.3 is 5.63 Å². The first-order valence-corrected chi connectivity index (χ1v) is 6.11. The molecule has 19 heavy (non-hydrogen) atoms. The summed E-state index contributed by atoms with van der Waals surface area (Å²) in [6, 6.07) is 5.25. The molecule has 0 N–H and O–H groups in total. The monoisotopic (exact) mass is 260 g/mol. The van der Waals surface area contributed by atoms with Crippen molar-refractivity contribution in [3.63, 3.8) is 0 Å². The van der Waals surface area contributed by atoms with Crippen molar-refractivity contribution in [2.24, 2.45) is 0 Å². The van der Waals surface area contributed by atoms with Crippen molar-refractivity contribution >= 4 is 16.8 Å². The molecule has 1 unspecified atom stereocenters. The van der Waals surface area contributed by atoms with E-state index in [0.717, 1.165) is 10.9 Å². The number of aryl methyl sites for hydroxylation is 1. The highest BCUT2D eigenvalue weighted by Crippen LogP contribution is 2.24. The SMILES string of the molecule is CC(=O)C(C)Oc1ccc2c(C)c(C)c(=O)oc2c1. The highest BCUT2D eigenvalue weighted by molar-refractivity contribution is 5.83. The molecule has 1 aromatic carbocycles. The Labute approximate surface area is 111 Å². The summed E-state index contributed by atoms with van der Waals surface area (Å²) < 4.78 is 10.7. The Kier molecular flexibility index (Phi) is 3.42. The van der Waals surface area contributed by atoms with Gasteiger partial charge in [-0.15, -0.1) is 0 Å². The van der Waals surface area contributed by atoms with E-state index >= 15 is 0 Å². The molecule has 0 bridgehead atoms. The number of ketones is 1. The van der Waals surface area contributed by atoms with E-state index < -0.39 is 6.10 Å². The molecule has 2 rings (SSSR count). The van der Waals surface area contributed by atoms with E-state index in [1.807, 2.05) is 13.0 Å². The fraction of sp³-hybridized carbons (Fsp3) is 0.333. The molecule has 1 atom stereocenters. The second kappa shape index (κ2) is 4.88. The van der Waals surface area contributed by atoms with Crippen molar-refractivity contribution in [2.45, 2.75) is 33.8 Å². The maximum Gasteiger partial charge on any atom is 0.339 e. The van der Waals surface area contributed by atoms with Crippen LogP contribution in [0.1, 0.15) is 25.0 Å². The minimum Gasteiger partial charge on any atom is -0.483 e. The van der Waals surface area contributed by atoms with Crippen LogP contribution in [0.15, 0.2) is 27.4 Å². The average Bonchev–Trinajstić information content (AvgIpc) is 2.35. The summed E-state index contributed by atoms with van der Waals surface area (Å²) in [5.41, 5.74) is 1.64. The summed E-state index contributed by atoms with van der Waals surface area (Å²) in [6.07, 6.45) is -0.518. The molecule has 0 aliphatic heterocycles. The van der Waals surface area contributed by atoms with Crippen LogP contribution in [0.4, 0.5) is 0 Å². The maximum absolute atomic E-state index is 11.6. The Bertz CT molecular complexity index is 697. The van der Waals surface area contributed by atoms with Gasteiger partial charge in [0.15, 0.2) is 11.9 Å². The van der Waals surface area contributed by atoms with Crippen LogP contribution in [0.25, 0.3) is 11.0 Å². The fourth-order valence-corrected chi connectivity index (χ4v) is 1.79. The van der Waals surface area contributed by atoms with Gasteiger partial charge in [-0.1, -0.05) is 0 Å². The van der Waals surface area contributed by atoms with E-state index in [4.69, 9.17) is 9.15 Å². The van der Waals surface area contributed by atoms with Crippen LogP contribution in [0.2, 0.25) is 0 Å². The van der Waals surface area contributed by atoms with Crippen molar-refractivity contribution in [3.8, 4) is 5.75 Å². The Morgan fingerprint density at radius 1 is 1.26 bits per heavy atom. The molecule has 0 amide bonds. The summed E-state index contributed by atoms with van der Waals surface area (Å²) in [4.78, 5) is 22.8. The van der Waals surface area contributed by atoms with Crippen molar-refractivity contribution < 1.29 is 13.9 Å². The number of carbonyl (C=O) groups excluding carboxylic acids is 1. The van der Waals surface area contributed by atoms with E-state index in [0.29, 0.717) is 16.9 Å². The Morgan fingerprint density at radius 3 is 2.58 bits per heavy atom. The predicted molar refractivity (Wildman–Crippen MR) is 72.7 cm³/mol. The van der Waals surface area contributed by atoms with E-state index in [-0.39, 0.29) is 11.4 Å². The molecule has 1 heterocycles. The molecule has 0 spiro atoms. The van der Waals surface area contributed by atoms with Crippen LogP contribution in [0, 0.1) is 13.8 Å². The predicted octanol–water partition coefficient (Wildman–Crippen LogP) is 2.77. The van der Waals surface area contributed by atoms with Crippen molar-refractivity contribution in [2.75, 3.05) is 0 Å². The van der Waals surface area contributed by atoms with Crippen LogP contribution >= 0.6 is 0 Å². The number of hydrogen-bond acceptors (Lipinski definition) is 4. The first-order valence-electron chi connectivity index (χ1n) is 6.11. The lowest BCUT2D eigenvalue weighted by Crippen LogP contribution is -2.20. The Hall–Kier alpha value is -2.10. The molecule has 4 nitrogen and oxygen atoms in total. The molecule has 1 aromatic heterocycles. The van der Waals surface area contributed by atoms with Crippen molar-refractivity contribution in [3.05, 3.63) is 39.7 Å². The van der Waals surface area contributed by atoms with Gasteiger partial charge in [0.05, 0.1) is 0 Å². The molecule has 0 aliphatic rings. The van der Waals surface area contributed by atoms with Gasteiger partial charge in [-0.3, -0.25) is 4.79 Å². The van der Waals surface area contributed by atoms with Gasteiger partial charge in [0.25, 0.3) is 0 Å². The van der Waals surface area contributed by atoms with Crippen LogP contribution < -0.4 is 10.4 Å². The van der Waals surface area contributed by atoms with E-state index in [9.17, 15) is 9.59 Å². The van der Waals surface area contributed by atoms with Crippen LogP contribution in [0.3, 0.4) is 0 Å². The van der Waals surface area contributed by atoms with Gasteiger partial charge in [-0.2, -0.15) is 0 Å². The average molecular weight is 260 g/mol. The molecular weight excluding hydrogens is 244 g/mol. The number of carbonyl (C=O) groups is 1. The summed E-state index contributed by atoms with van der Waals surface area (Å²) in [5.74, 6) is 0.461. The first kappa shape index (κ1) is 13.3. The van der Waals surface area contributed by atoms with Gasteiger partial charge in [0.1, 0.15) is 11.3 Å². The third-order valence-electron chi connectivity index (χ3n) is 3.31. The lowest BCUT2D eigenvalue weighted by molar-refractivity contribution is -0.122. The summed E-state index contributed by atoms with van der Waals surface area (Å²) in [6.45, 7) is 6.78. The number of benzene rings is 1. The van der Waals surface area contributed by atoms with E-state index in [1.54, 1.807) is 26.0 Å². The second-order valence-corrected chi connectivity index (χ2v) is 4.67. The van der Waals surface area contributed by atoms with Gasteiger partial charge in [0, 0.05) is 17.0 Å². The third kappa shape index (κ3) is 2.52. The van der Waals surface area contributed by atoms with Crippen molar-refractivity contribution in [1.82, 2.24) is 0 Å².